The van der Waals surface area contributed by atoms with Crippen molar-refractivity contribution in [1.29, 1.82) is 5.41 Å². The number of nitrogens with one attached hydrogen (secondary N) is 2. The lowest BCUT2D eigenvalue weighted by Crippen LogP contribution is -2.31. The quantitative estimate of drug-likeness (QED) is 0.432. The van der Waals surface area contributed by atoms with E-state index in [4.69, 9.17) is 15.9 Å². The number of benzene rings is 2. The first-order chi connectivity index (χ1) is 12.3. The number of ether oxygens (including phenoxy) is 1. The monoisotopic (exact) mass is 461 g/mol. The average molecular weight is 463 g/mol. The number of rotatable bonds is 7. The molecule has 9 heteroatoms. The van der Waals surface area contributed by atoms with Crippen molar-refractivity contribution in [3.05, 3.63) is 69.2 Å². The molecule has 0 bridgehead atoms. The summed E-state index contributed by atoms with van der Waals surface area (Å²) >= 11 is 3.00. The van der Waals surface area contributed by atoms with Gasteiger partial charge in [0, 0.05) is 23.2 Å². The minimum Gasteiger partial charge on any atom is -0.384 e. The van der Waals surface area contributed by atoms with Gasteiger partial charge >= 0.3 is 0 Å². The van der Waals surface area contributed by atoms with Crippen molar-refractivity contribution in [1.82, 2.24) is 5.32 Å². The summed E-state index contributed by atoms with van der Waals surface area (Å²) in [5.41, 5.74) is 6.26. The molecule has 2 rings (SSSR count). The molecule has 27 heavy (non-hydrogen) atoms. The van der Waals surface area contributed by atoms with Gasteiger partial charge in [0.25, 0.3) is 5.91 Å². The number of nitrogen functional groups attached to an aromatic ring is 1. The molecule has 0 spiro atoms. The van der Waals surface area contributed by atoms with Crippen LogP contribution in [-0.4, -0.2) is 18.3 Å². The predicted octanol–water partition coefficient (Wildman–Crippen LogP) is 3.83. The Morgan fingerprint density at radius 1 is 1.26 bits per heavy atom. The first-order valence-electron chi connectivity index (χ1n) is 7.80. The Bertz CT molecular complexity index is 796. The van der Waals surface area contributed by atoms with Crippen molar-refractivity contribution in [3.63, 3.8) is 0 Å². The summed E-state index contributed by atoms with van der Waals surface area (Å²) in [6.07, 6.45) is -1.40. The molecule has 1 amide bonds. The van der Waals surface area contributed by atoms with Crippen LogP contribution in [0.15, 0.2) is 40.9 Å². The first-order valence-corrected chi connectivity index (χ1v) is 8.59. The normalized spacial score (nSPS) is 11.4. The largest absolute Gasteiger partial charge is 0.384 e. The summed E-state index contributed by atoms with van der Waals surface area (Å²) < 4.78 is 33.8. The Balaban J connectivity index is 0.00000364. The Kier molecular flexibility index (Phi) is 8.81. The van der Waals surface area contributed by atoms with Crippen molar-refractivity contribution in [3.8, 4) is 0 Å². The molecule has 0 radical (unpaired) electrons. The van der Waals surface area contributed by atoms with Crippen LogP contribution in [0.25, 0.3) is 0 Å². The average Bonchev–Trinajstić information content (AvgIpc) is 2.58. The molecule has 4 N–H and O–H groups in total. The van der Waals surface area contributed by atoms with E-state index in [-0.39, 0.29) is 35.9 Å². The van der Waals surface area contributed by atoms with E-state index in [0.29, 0.717) is 5.56 Å². The maximum Gasteiger partial charge on any atom is 0.254 e. The molecular formula is C18H19BrClF2N3O2. The molecule has 1 atom stereocenters. The molecule has 1 unspecified atom stereocenters. The van der Waals surface area contributed by atoms with Gasteiger partial charge in [0.15, 0.2) is 6.10 Å². The molecular weight excluding hydrogens is 444 g/mol. The lowest BCUT2D eigenvalue weighted by atomic mass is 10.1. The summed E-state index contributed by atoms with van der Waals surface area (Å²) in [6.45, 7) is 1.89. The van der Waals surface area contributed by atoms with Crippen molar-refractivity contribution >= 4 is 40.1 Å². The van der Waals surface area contributed by atoms with Gasteiger partial charge in [-0.2, -0.15) is 0 Å². The van der Waals surface area contributed by atoms with Gasteiger partial charge in [-0.3, -0.25) is 10.2 Å². The molecule has 0 aliphatic rings. The topological polar surface area (TPSA) is 88.2 Å². The van der Waals surface area contributed by atoms with Crippen LogP contribution in [0.4, 0.5) is 8.78 Å². The Hall–Kier alpha value is -2.03. The molecule has 0 aromatic heterocycles. The fourth-order valence-electron chi connectivity index (χ4n) is 2.34. The molecule has 146 valence electrons. The maximum absolute atomic E-state index is 14.2. The predicted molar refractivity (Wildman–Crippen MR) is 105 cm³/mol. The molecule has 0 fully saturated rings. The highest BCUT2D eigenvalue weighted by Crippen LogP contribution is 2.27. The summed E-state index contributed by atoms with van der Waals surface area (Å²) in [4.78, 5) is 12.4. The van der Waals surface area contributed by atoms with Crippen LogP contribution in [0.2, 0.25) is 0 Å². The SMILES string of the molecule is CCOC(C(=O)NCc1ccc(C(=N)N)cc1)c1c(F)cc(Br)cc1F.Cl. The van der Waals surface area contributed by atoms with Gasteiger partial charge in [-0.25, -0.2) is 8.78 Å². The highest BCUT2D eigenvalue weighted by Gasteiger charge is 2.28. The number of halogens is 4. The van der Waals surface area contributed by atoms with Gasteiger partial charge in [0.1, 0.15) is 17.5 Å². The number of carbonyl (C=O) groups is 1. The van der Waals surface area contributed by atoms with Gasteiger partial charge in [-0.05, 0) is 24.6 Å². The van der Waals surface area contributed by atoms with Crippen LogP contribution in [0.1, 0.15) is 29.7 Å². The molecule has 0 aliphatic carbocycles. The van der Waals surface area contributed by atoms with E-state index in [1.54, 1.807) is 31.2 Å². The van der Waals surface area contributed by atoms with E-state index >= 15 is 0 Å². The second kappa shape index (κ2) is 10.3. The number of hydrogen-bond donors (Lipinski definition) is 3. The van der Waals surface area contributed by atoms with Crippen LogP contribution in [0, 0.1) is 17.0 Å². The number of carbonyl (C=O) groups excluding carboxylic acids is 1. The van der Waals surface area contributed by atoms with E-state index in [9.17, 15) is 13.6 Å². The van der Waals surface area contributed by atoms with E-state index in [2.05, 4.69) is 21.2 Å². The van der Waals surface area contributed by atoms with Gasteiger partial charge in [-0.15, -0.1) is 12.4 Å². The zero-order chi connectivity index (χ0) is 19.3. The summed E-state index contributed by atoms with van der Waals surface area (Å²) in [5.74, 6) is -2.44. The Morgan fingerprint density at radius 2 is 1.81 bits per heavy atom. The van der Waals surface area contributed by atoms with Gasteiger partial charge in [0.2, 0.25) is 0 Å². The molecule has 0 saturated carbocycles. The van der Waals surface area contributed by atoms with Crippen LogP contribution in [0.5, 0.6) is 0 Å². The molecule has 0 aliphatic heterocycles. The van der Waals surface area contributed by atoms with Gasteiger partial charge in [-0.1, -0.05) is 40.2 Å². The lowest BCUT2D eigenvalue weighted by molar-refractivity contribution is -0.133. The molecule has 5 nitrogen and oxygen atoms in total. The third kappa shape index (κ3) is 5.98. The molecule has 2 aromatic rings. The molecule has 0 heterocycles. The van der Waals surface area contributed by atoms with Crippen molar-refractivity contribution in [2.75, 3.05) is 6.61 Å². The van der Waals surface area contributed by atoms with E-state index in [0.717, 1.165) is 17.7 Å². The van der Waals surface area contributed by atoms with E-state index in [1.165, 1.54) is 0 Å². The summed E-state index contributed by atoms with van der Waals surface area (Å²) in [7, 11) is 0. The minimum atomic E-state index is -1.40. The number of nitrogens with two attached hydrogens (primary N) is 1. The summed E-state index contributed by atoms with van der Waals surface area (Å²) in [6, 6.07) is 8.87. The maximum atomic E-state index is 14.2. The van der Waals surface area contributed by atoms with Crippen LogP contribution in [0.3, 0.4) is 0 Å². The second-order valence-corrected chi connectivity index (χ2v) is 6.36. The molecule has 2 aromatic carbocycles. The Morgan fingerprint density at radius 3 is 2.30 bits per heavy atom. The summed E-state index contributed by atoms with van der Waals surface area (Å²) in [5, 5.41) is 9.95. The van der Waals surface area contributed by atoms with Crippen LogP contribution >= 0.6 is 28.3 Å². The fourth-order valence-corrected chi connectivity index (χ4v) is 2.75. The highest BCUT2D eigenvalue weighted by molar-refractivity contribution is 9.10. The lowest BCUT2D eigenvalue weighted by Gasteiger charge is -2.19. The third-order valence-corrected chi connectivity index (χ3v) is 4.07. The zero-order valence-corrected chi connectivity index (χ0v) is 16.8. The zero-order valence-electron chi connectivity index (χ0n) is 14.4. The van der Waals surface area contributed by atoms with Crippen LogP contribution < -0.4 is 11.1 Å². The van der Waals surface area contributed by atoms with Crippen molar-refractivity contribution < 1.29 is 18.3 Å². The number of amidine groups is 1. The van der Waals surface area contributed by atoms with Crippen molar-refractivity contribution in [2.45, 2.75) is 19.6 Å². The Labute approximate surface area is 170 Å². The number of hydrogen-bond acceptors (Lipinski definition) is 3. The molecule has 0 saturated heterocycles. The van der Waals surface area contributed by atoms with Gasteiger partial charge < -0.3 is 15.8 Å². The second-order valence-electron chi connectivity index (χ2n) is 5.45. The third-order valence-electron chi connectivity index (χ3n) is 3.61. The first kappa shape index (κ1) is 23.0. The van der Waals surface area contributed by atoms with Crippen LogP contribution in [-0.2, 0) is 16.1 Å². The van der Waals surface area contributed by atoms with E-state index in [1.807, 2.05) is 0 Å². The number of amides is 1. The smallest absolute Gasteiger partial charge is 0.254 e. The standard InChI is InChI=1S/C18H18BrF2N3O2.ClH/c1-2-26-16(15-13(20)7-12(19)8-14(15)21)18(25)24-9-10-3-5-11(6-4-10)17(22)23;/h3-8,16H,2,9H2,1H3,(H3,22,23)(H,24,25);1H. The minimum absolute atomic E-state index is 0. The van der Waals surface area contributed by atoms with Crippen molar-refractivity contribution in [2.24, 2.45) is 5.73 Å². The van der Waals surface area contributed by atoms with Gasteiger partial charge in [0.05, 0.1) is 5.56 Å². The highest BCUT2D eigenvalue weighted by atomic mass is 79.9. The van der Waals surface area contributed by atoms with E-state index < -0.39 is 29.2 Å². The fraction of sp³-hybridized carbons (Fsp3) is 0.222.